The minimum Gasteiger partial charge on any atom is -0.392 e. The van der Waals surface area contributed by atoms with Gasteiger partial charge in [0.05, 0.1) is 47.3 Å². The summed E-state index contributed by atoms with van der Waals surface area (Å²) >= 11 is 12.1. The number of nitrogens with one attached hydrogen (secondary N) is 1. The summed E-state index contributed by atoms with van der Waals surface area (Å²) < 4.78 is 43.8. The van der Waals surface area contributed by atoms with Gasteiger partial charge in [0.25, 0.3) is 0 Å². The van der Waals surface area contributed by atoms with Crippen LogP contribution in [0.4, 0.5) is 29.3 Å². The van der Waals surface area contributed by atoms with Crippen LogP contribution in [0.3, 0.4) is 0 Å². The summed E-state index contributed by atoms with van der Waals surface area (Å²) in [6, 6.07) is 1.88. The molecule has 2 amide bonds. The second-order valence-corrected chi connectivity index (χ2v) is 8.18. The van der Waals surface area contributed by atoms with Gasteiger partial charge in [0, 0.05) is 24.4 Å². The third kappa shape index (κ3) is 3.81. The van der Waals surface area contributed by atoms with Crippen LogP contribution in [-0.2, 0) is 6.61 Å². The Hall–Kier alpha value is -3.42. The van der Waals surface area contributed by atoms with E-state index in [2.05, 4.69) is 25.5 Å². The quantitative estimate of drug-likeness (QED) is 0.431. The van der Waals surface area contributed by atoms with Crippen molar-refractivity contribution < 1.29 is 23.1 Å². The first-order valence-electron chi connectivity index (χ1n) is 9.65. The van der Waals surface area contributed by atoms with Gasteiger partial charge in [0.2, 0.25) is 0 Å². The van der Waals surface area contributed by atoms with Crippen LogP contribution >= 0.6 is 23.2 Å². The summed E-state index contributed by atoms with van der Waals surface area (Å²) in [5.74, 6) is -1.75. The Bertz CT molecular complexity index is 1420. The Morgan fingerprint density at radius 2 is 2.00 bits per heavy atom. The van der Waals surface area contributed by atoms with Crippen molar-refractivity contribution in [2.75, 3.05) is 16.8 Å². The second kappa shape index (κ2) is 8.11. The molecular formula is C19H13Cl2F3N8O2. The Morgan fingerprint density at radius 3 is 2.68 bits per heavy atom. The number of urea groups is 1. The van der Waals surface area contributed by atoms with Gasteiger partial charge < -0.3 is 10.4 Å². The van der Waals surface area contributed by atoms with Gasteiger partial charge in [-0.1, -0.05) is 23.2 Å². The van der Waals surface area contributed by atoms with E-state index in [1.807, 2.05) is 0 Å². The molecule has 5 heterocycles. The SMILES string of the molecule is O=C(Nc1cnc(-n2cc(CO)cn2)c(Cl)c1)N1CC(C(F)(F)F)c2c1cnc1cc(Cl)nn21. The lowest BCUT2D eigenvalue weighted by Gasteiger charge is -2.19. The fourth-order valence-electron chi connectivity index (χ4n) is 3.68. The number of alkyl halides is 3. The first-order valence-corrected chi connectivity index (χ1v) is 10.4. The molecule has 5 rings (SSSR count). The van der Waals surface area contributed by atoms with Crippen molar-refractivity contribution in [1.29, 1.82) is 0 Å². The number of rotatable bonds is 3. The molecule has 0 radical (unpaired) electrons. The molecule has 4 aromatic rings. The standard InChI is InChI=1S/C19H13Cl2F3N8O2/c20-12-1-10(4-26-17(12)31-6-9(8-33)3-27-31)28-18(34)30-7-11(19(22,23)24)16-13(30)5-25-15-2-14(21)29-32(15)16/h1-6,11,33H,7-8H2,(H,28,34). The van der Waals surface area contributed by atoms with E-state index >= 15 is 0 Å². The number of fused-ring (bicyclic) bond motifs is 3. The van der Waals surface area contributed by atoms with Crippen LogP contribution in [0, 0.1) is 0 Å². The molecule has 10 nitrogen and oxygen atoms in total. The minimum atomic E-state index is -4.64. The number of aromatic nitrogens is 6. The number of anilines is 2. The van der Waals surface area contributed by atoms with Gasteiger partial charge in [-0.15, -0.1) is 0 Å². The fourth-order valence-corrected chi connectivity index (χ4v) is 4.11. The van der Waals surface area contributed by atoms with E-state index in [-0.39, 0.29) is 45.3 Å². The van der Waals surface area contributed by atoms with E-state index in [9.17, 15) is 18.0 Å². The maximum Gasteiger partial charge on any atom is 0.399 e. The Balaban J connectivity index is 1.44. The fraction of sp³-hybridized carbons (Fsp3) is 0.211. The highest BCUT2D eigenvalue weighted by atomic mass is 35.5. The molecule has 0 aromatic carbocycles. The zero-order valence-electron chi connectivity index (χ0n) is 16.8. The lowest BCUT2D eigenvalue weighted by molar-refractivity contribution is -0.147. The van der Waals surface area contributed by atoms with E-state index < -0.39 is 24.7 Å². The summed E-state index contributed by atoms with van der Waals surface area (Å²) in [5, 5.41) is 19.7. The van der Waals surface area contributed by atoms with Crippen LogP contribution in [0.25, 0.3) is 11.5 Å². The molecule has 176 valence electrons. The van der Waals surface area contributed by atoms with Gasteiger partial charge in [0.15, 0.2) is 16.6 Å². The van der Waals surface area contributed by atoms with Crippen molar-refractivity contribution in [3.63, 3.8) is 0 Å². The lowest BCUT2D eigenvalue weighted by Crippen LogP contribution is -2.36. The van der Waals surface area contributed by atoms with Gasteiger partial charge >= 0.3 is 12.2 Å². The first-order chi connectivity index (χ1) is 16.2. The summed E-state index contributed by atoms with van der Waals surface area (Å²) in [7, 11) is 0. The molecule has 0 fully saturated rings. The summed E-state index contributed by atoms with van der Waals surface area (Å²) in [6.07, 6.45) is 0.791. The van der Waals surface area contributed by atoms with Crippen molar-refractivity contribution >= 4 is 46.3 Å². The summed E-state index contributed by atoms with van der Waals surface area (Å²) in [6.45, 7) is -0.882. The average Bonchev–Trinajstić information content (AvgIpc) is 3.48. The molecule has 15 heteroatoms. The molecule has 1 aliphatic heterocycles. The number of aliphatic hydroxyl groups is 1. The minimum absolute atomic E-state index is 0.0196. The molecule has 1 atom stereocenters. The molecule has 4 aromatic heterocycles. The Morgan fingerprint density at radius 1 is 1.21 bits per heavy atom. The largest absolute Gasteiger partial charge is 0.399 e. The van der Waals surface area contributed by atoms with Crippen LogP contribution in [0.2, 0.25) is 10.2 Å². The number of hydrogen-bond acceptors (Lipinski definition) is 6. The van der Waals surface area contributed by atoms with Crippen LogP contribution in [0.1, 0.15) is 17.2 Å². The molecule has 1 aliphatic rings. The first kappa shape index (κ1) is 22.4. The number of carbonyl (C=O) groups excluding carboxylic acids is 1. The van der Waals surface area contributed by atoms with Gasteiger partial charge in [-0.3, -0.25) is 4.90 Å². The molecule has 0 bridgehead atoms. The normalized spacial score (nSPS) is 15.7. The topological polar surface area (TPSA) is 113 Å². The number of hydrogen-bond donors (Lipinski definition) is 2. The zero-order valence-corrected chi connectivity index (χ0v) is 18.3. The number of nitrogens with zero attached hydrogens (tertiary/aromatic N) is 7. The molecule has 0 saturated carbocycles. The van der Waals surface area contributed by atoms with E-state index in [0.717, 1.165) is 9.42 Å². The summed E-state index contributed by atoms with van der Waals surface area (Å²) in [4.78, 5) is 22.1. The maximum atomic E-state index is 13.8. The van der Waals surface area contributed by atoms with E-state index in [4.69, 9.17) is 28.3 Å². The van der Waals surface area contributed by atoms with Crippen molar-refractivity contribution in [3.8, 4) is 5.82 Å². The van der Waals surface area contributed by atoms with Gasteiger partial charge in [0.1, 0.15) is 5.92 Å². The van der Waals surface area contributed by atoms with Crippen LogP contribution < -0.4 is 10.2 Å². The molecule has 0 spiro atoms. The van der Waals surface area contributed by atoms with E-state index in [1.165, 1.54) is 41.6 Å². The third-order valence-electron chi connectivity index (χ3n) is 5.21. The van der Waals surface area contributed by atoms with Gasteiger partial charge in [-0.25, -0.2) is 24.0 Å². The summed E-state index contributed by atoms with van der Waals surface area (Å²) in [5.41, 5.74) is 0.555. The highest BCUT2D eigenvalue weighted by Crippen LogP contribution is 2.45. The van der Waals surface area contributed by atoms with E-state index in [0.29, 0.717) is 5.56 Å². The molecule has 0 saturated heterocycles. The van der Waals surface area contributed by atoms with Gasteiger partial charge in [-0.2, -0.15) is 23.4 Å². The number of amides is 2. The molecule has 0 aliphatic carbocycles. The highest BCUT2D eigenvalue weighted by Gasteiger charge is 2.50. The van der Waals surface area contributed by atoms with Crippen molar-refractivity contribution in [2.24, 2.45) is 0 Å². The van der Waals surface area contributed by atoms with Gasteiger partial charge in [-0.05, 0) is 6.07 Å². The van der Waals surface area contributed by atoms with Crippen molar-refractivity contribution in [3.05, 3.63) is 58.4 Å². The van der Waals surface area contributed by atoms with E-state index in [1.54, 1.807) is 0 Å². The van der Waals surface area contributed by atoms with Crippen LogP contribution in [0.15, 0.2) is 36.9 Å². The average molecular weight is 513 g/mol. The van der Waals surface area contributed by atoms with Crippen molar-refractivity contribution in [1.82, 2.24) is 29.4 Å². The number of aliphatic hydroxyl groups excluding tert-OH is 1. The van der Waals surface area contributed by atoms with Crippen LogP contribution in [-0.4, -0.2) is 53.2 Å². The predicted octanol–water partition coefficient (Wildman–Crippen LogP) is 3.81. The van der Waals surface area contributed by atoms with Crippen molar-refractivity contribution in [2.45, 2.75) is 18.7 Å². The molecule has 2 N–H and O–H groups in total. The monoisotopic (exact) mass is 512 g/mol. The maximum absolute atomic E-state index is 13.8. The Labute approximate surface area is 198 Å². The third-order valence-corrected chi connectivity index (χ3v) is 5.67. The number of pyridine rings is 1. The highest BCUT2D eigenvalue weighted by molar-refractivity contribution is 6.32. The molecule has 1 unspecified atom stereocenters. The molecular weight excluding hydrogens is 500 g/mol. The Kier molecular flexibility index (Phi) is 5.34. The number of halogens is 5. The predicted molar refractivity (Wildman–Crippen MR) is 115 cm³/mol. The second-order valence-electron chi connectivity index (χ2n) is 7.38. The number of carbonyl (C=O) groups is 1. The zero-order chi connectivity index (χ0) is 24.2. The molecule has 34 heavy (non-hydrogen) atoms. The smallest absolute Gasteiger partial charge is 0.392 e. The van der Waals surface area contributed by atoms with Crippen LogP contribution in [0.5, 0.6) is 0 Å². The lowest BCUT2D eigenvalue weighted by atomic mass is 10.1.